The maximum Gasteiger partial charge on any atom is 0.251 e. The van der Waals surface area contributed by atoms with E-state index < -0.39 is 6.23 Å². The van der Waals surface area contributed by atoms with Gasteiger partial charge in [-0.1, -0.05) is 6.07 Å². The van der Waals surface area contributed by atoms with Gasteiger partial charge in [-0.25, -0.2) is 0 Å². The summed E-state index contributed by atoms with van der Waals surface area (Å²) in [7, 11) is 1.61. The van der Waals surface area contributed by atoms with Gasteiger partial charge in [-0.05, 0) is 35.7 Å². The second-order valence-electron chi connectivity index (χ2n) is 4.49. The number of hydrogen-bond acceptors (Lipinski definition) is 5. The van der Waals surface area contributed by atoms with Crippen LogP contribution in [-0.4, -0.2) is 23.9 Å². The Morgan fingerprint density at radius 2 is 2.10 bits per heavy atom. The molecule has 0 radical (unpaired) electrons. The van der Waals surface area contributed by atoms with Crippen molar-refractivity contribution in [3.63, 3.8) is 0 Å². The molecule has 1 amide bonds. The Kier molecular flexibility index (Phi) is 3.62. The van der Waals surface area contributed by atoms with E-state index in [1.165, 1.54) is 23.3 Å². The van der Waals surface area contributed by atoms with Gasteiger partial charge in [-0.2, -0.15) is 5.01 Å². The van der Waals surface area contributed by atoms with E-state index in [9.17, 15) is 4.79 Å². The first kappa shape index (κ1) is 13.6. The zero-order valence-electron chi connectivity index (χ0n) is 11.6. The molecule has 6 heteroatoms. The van der Waals surface area contributed by atoms with Crippen LogP contribution in [0.15, 0.2) is 46.9 Å². The van der Waals surface area contributed by atoms with Crippen molar-refractivity contribution in [1.29, 1.82) is 0 Å². The van der Waals surface area contributed by atoms with Crippen molar-refractivity contribution >= 4 is 23.1 Å². The van der Waals surface area contributed by atoms with Crippen molar-refractivity contribution in [1.82, 2.24) is 5.01 Å². The molecule has 21 heavy (non-hydrogen) atoms. The Bertz CT molecular complexity index is 665. The molecule has 0 spiro atoms. The number of rotatable bonds is 3. The third-order valence-electron chi connectivity index (χ3n) is 3.10. The lowest BCUT2D eigenvalue weighted by Gasteiger charge is -2.19. The predicted octanol–water partition coefficient (Wildman–Crippen LogP) is 3.00. The Labute approximate surface area is 126 Å². The van der Waals surface area contributed by atoms with E-state index in [1.54, 1.807) is 7.11 Å². The van der Waals surface area contributed by atoms with Gasteiger partial charge in [-0.15, -0.1) is 16.4 Å². The highest BCUT2D eigenvalue weighted by Gasteiger charge is 2.33. The highest BCUT2D eigenvalue weighted by Crippen LogP contribution is 2.31. The van der Waals surface area contributed by atoms with E-state index in [-0.39, 0.29) is 5.91 Å². The van der Waals surface area contributed by atoms with Gasteiger partial charge in [0.25, 0.3) is 5.90 Å². The first-order valence-electron chi connectivity index (χ1n) is 6.42. The van der Waals surface area contributed by atoms with Crippen LogP contribution in [0.2, 0.25) is 0 Å². The van der Waals surface area contributed by atoms with Crippen LogP contribution >= 0.6 is 11.3 Å². The lowest BCUT2D eigenvalue weighted by molar-refractivity contribution is -0.135. The van der Waals surface area contributed by atoms with Crippen LogP contribution in [0.1, 0.15) is 23.6 Å². The smallest absolute Gasteiger partial charge is 0.251 e. The maximum atomic E-state index is 11.8. The van der Waals surface area contributed by atoms with E-state index >= 15 is 0 Å². The number of carbonyl (C=O) groups excluding carboxylic acids is 1. The van der Waals surface area contributed by atoms with Crippen molar-refractivity contribution in [2.75, 3.05) is 7.11 Å². The first-order chi connectivity index (χ1) is 10.2. The second-order valence-corrected chi connectivity index (χ2v) is 5.44. The van der Waals surface area contributed by atoms with Gasteiger partial charge in [0, 0.05) is 12.5 Å². The number of carbonyl (C=O) groups is 1. The quantitative estimate of drug-likeness (QED) is 0.876. The molecule has 1 aliphatic heterocycles. The lowest BCUT2D eigenvalue weighted by atomic mass is 10.2. The molecule has 0 aliphatic carbocycles. The van der Waals surface area contributed by atoms with Gasteiger partial charge in [0.15, 0.2) is 0 Å². The van der Waals surface area contributed by atoms with Gasteiger partial charge < -0.3 is 9.47 Å². The Hall–Kier alpha value is -2.34. The zero-order valence-corrected chi connectivity index (χ0v) is 12.5. The molecule has 1 aromatic heterocycles. The molecule has 0 unspecified atom stereocenters. The summed E-state index contributed by atoms with van der Waals surface area (Å²) in [5.74, 6) is 1.06. The molecule has 1 aromatic carbocycles. The molecule has 0 saturated carbocycles. The van der Waals surface area contributed by atoms with Gasteiger partial charge in [-0.3, -0.25) is 4.79 Å². The number of benzene rings is 1. The minimum atomic E-state index is -0.537. The summed E-state index contributed by atoms with van der Waals surface area (Å²) in [4.78, 5) is 12.7. The largest absolute Gasteiger partial charge is 0.497 e. The van der Waals surface area contributed by atoms with Crippen LogP contribution in [0, 0.1) is 0 Å². The summed E-state index contributed by atoms with van der Waals surface area (Å²) in [5, 5.41) is 7.59. The topological polar surface area (TPSA) is 51.1 Å². The average Bonchev–Trinajstić information content (AvgIpc) is 3.16. The molecule has 1 aliphatic rings. The van der Waals surface area contributed by atoms with Crippen molar-refractivity contribution in [3.8, 4) is 5.75 Å². The van der Waals surface area contributed by atoms with Crippen LogP contribution in [0.25, 0.3) is 0 Å². The first-order valence-corrected chi connectivity index (χ1v) is 7.30. The van der Waals surface area contributed by atoms with Crippen molar-refractivity contribution in [2.45, 2.75) is 13.2 Å². The molecule has 3 rings (SSSR count). The van der Waals surface area contributed by atoms with Crippen molar-refractivity contribution < 1.29 is 14.3 Å². The summed E-state index contributed by atoms with van der Waals surface area (Å²) < 4.78 is 11.0. The number of methoxy groups -OCH3 is 1. The minimum absolute atomic E-state index is 0.164. The molecule has 0 fully saturated rings. The Balaban J connectivity index is 1.90. The van der Waals surface area contributed by atoms with Crippen LogP contribution in [0.3, 0.4) is 0 Å². The standard InChI is InChI=1S/C15H14N2O3S/c1-10(18)17-15(11-5-7-12(19-2)8-6-11)20-14(16-17)13-4-3-9-21-13/h3-9,15H,1-2H3/t15-/m0/s1. The molecule has 5 nitrogen and oxygen atoms in total. The summed E-state index contributed by atoms with van der Waals surface area (Å²) >= 11 is 1.52. The molecule has 2 heterocycles. The molecular formula is C15H14N2O3S. The third kappa shape index (κ3) is 2.62. The molecule has 108 valence electrons. The van der Waals surface area contributed by atoms with Gasteiger partial charge in [0.1, 0.15) is 5.75 Å². The minimum Gasteiger partial charge on any atom is -0.497 e. The van der Waals surface area contributed by atoms with Crippen LogP contribution in [0.5, 0.6) is 5.75 Å². The molecular weight excluding hydrogens is 288 g/mol. The lowest BCUT2D eigenvalue weighted by Crippen LogP contribution is -2.25. The highest BCUT2D eigenvalue weighted by molar-refractivity contribution is 7.12. The molecule has 0 N–H and O–H groups in total. The highest BCUT2D eigenvalue weighted by atomic mass is 32.1. The molecule has 0 saturated heterocycles. The monoisotopic (exact) mass is 302 g/mol. The maximum absolute atomic E-state index is 11.8. The Morgan fingerprint density at radius 3 is 2.67 bits per heavy atom. The molecule has 0 bridgehead atoms. The fourth-order valence-electron chi connectivity index (χ4n) is 2.05. The summed E-state index contributed by atoms with van der Waals surface area (Å²) in [6, 6.07) is 11.2. The van der Waals surface area contributed by atoms with Crippen LogP contribution in [0.4, 0.5) is 0 Å². The normalized spacial score (nSPS) is 17.3. The Morgan fingerprint density at radius 1 is 1.33 bits per heavy atom. The number of ether oxygens (including phenoxy) is 2. The fraction of sp³-hybridized carbons (Fsp3) is 0.200. The third-order valence-corrected chi connectivity index (χ3v) is 3.96. The van der Waals surface area contributed by atoms with Gasteiger partial charge in [0.2, 0.25) is 12.1 Å². The average molecular weight is 302 g/mol. The number of hydrazone groups is 1. The molecule has 2 aromatic rings. The predicted molar refractivity (Wildman–Crippen MR) is 80.2 cm³/mol. The summed E-state index contributed by atoms with van der Waals surface area (Å²) in [5.41, 5.74) is 0.848. The van der Waals surface area contributed by atoms with E-state index in [1.807, 2.05) is 41.8 Å². The summed E-state index contributed by atoms with van der Waals surface area (Å²) in [6.45, 7) is 1.47. The van der Waals surface area contributed by atoms with Crippen molar-refractivity contribution in [3.05, 3.63) is 52.2 Å². The van der Waals surface area contributed by atoms with Crippen molar-refractivity contribution in [2.24, 2.45) is 5.10 Å². The second kappa shape index (κ2) is 5.57. The SMILES string of the molecule is COc1ccc([C@@H]2OC(c3cccs3)=NN2C(C)=O)cc1. The summed E-state index contributed by atoms with van der Waals surface area (Å²) in [6.07, 6.45) is -0.537. The number of thiophene rings is 1. The van der Waals surface area contributed by atoms with E-state index in [0.29, 0.717) is 5.90 Å². The van der Waals surface area contributed by atoms with E-state index in [2.05, 4.69) is 5.10 Å². The van der Waals surface area contributed by atoms with Crippen LogP contribution < -0.4 is 4.74 Å². The van der Waals surface area contributed by atoms with Gasteiger partial charge >= 0.3 is 0 Å². The van der Waals surface area contributed by atoms with E-state index in [0.717, 1.165) is 16.2 Å². The fourth-order valence-corrected chi connectivity index (χ4v) is 2.70. The zero-order chi connectivity index (χ0) is 14.8. The number of nitrogens with zero attached hydrogens (tertiary/aromatic N) is 2. The number of amides is 1. The van der Waals surface area contributed by atoms with E-state index in [4.69, 9.17) is 9.47 Å². The molecule has 1 atom stereocenters. The number of hydrogen-bond donors (Lipinski definition) is 0. The van der Waals surface area contributed by atoms with Crippen LogP contribution in [-0.2, 0) is 9.53 Å². The van der Waals surface area contributed by atoms with Gasteiger partial charge in [0.05, 0.1) is 12.0 Å².